The summed E-state index contributed by atoms with van der Waals surface area (Å²) in [6, 6.07) is 0. The van der Waals surface area contributed by atoms with Crippen molar-refractivity contribution < 1.29 is 9.36 Å². The number of hydrogen-bond donors (Lipinski definition) is 1. The van der Waals surface area contributed by atoms with Gasteiger partial charge in [-0.15, -0.1) is 0 Å². The summed E-state index contributed by atoms with van der Waals surface area (Å²) in [5, 5.41) is 2.90. The second kappa shape index (κ2) is 7.66. The molecule has 0 unspecified atom stereocenters. The van der Waals surface area contributed by atoms with Crippen LogP contribution in [0.3, 0.4) is 0 Å². The number of amides is 1. The molecule has 0 radical (unpaired) electrons. The molecular weight excluding hydrogens is 228 g/mol. The van der Waals surface area contributed by atoms with Crippen molar-refractivity contribution in [1.82, 2.24) is 14.8 Å². The van der Waals surface area contributed by atoms with Gasteiger partial charge in [0.2, 0.25) is 12.2 Å². The predicted octanol–water partition coefficient (Wildman–Crippen LogP) is 0.377. The quantitative estimate of drug-likeness (QED) is 0.536. The highest BCUT2D eigenvalue weighted by Gasteiger charge is 2.08. The fourth-order valence-corrected chi connectivity index (χ4v) is 1.68. The normalized spacial score (nSPS) is 10.6. The van der Waals surface area contributed by atoms with E-state index in [0.29, 0.717) is 13.2 Å². The lowest BCUT2D eigenvalue weighted by molar-refractivity contribution is -0.699. The largest absolute Gasteiger partial charge is 0.319 e. The minimum absolute atomic E-state index is 0.0580. The van der Waals surface area contributed by atoms with Crippen LogP contribution in [0, 0.1) is 0 Å². The number of carbonyl (C=O) groups is 1. The molecule has 0 saturated heterocycles. The van der Waals surface area contributed by atoms with Crippen molar-refractivity contribution in [2.45, 2.75) is 27.1 Å². The van der Waals surface area contributed by atoms with E-state index < -0.39 is 0 Å². The third-order valence-electron chi connectivity index (χ3n) is 2.81. The number of likely N-dealkylation sites (N-methyl/N-ethyl adjacent to an activating group) is 1. The van der Waals surface area contributed by atoms with E-state index in [9.17, 15) is 4.79 Å². The van der Waals surface area contributed by atoms with Crippen LogP contribution in [0.1, 0.15) is 13.8 Å². The molecule has 0 spiro atoms. The van der Waals surface area contributed by atoms with Gasteiger partial charge in [0.05, 0.1) is 6.54 Å². The summed E-state index contributed by atoms with van der Waals surface area (Å²) >= 11 is 0. The van der Waals surface area contributed by atoms with Gasteiger partial charge >= 0.3 is 0 Å². The Kier molecular flexibility index (Phi) is 6.14. The third-order valence-corrected chi connectivity index (χ3v) is 2.81. The van der Waals surface area contributed by atoms with E-state index in [1.165, 1.54) is 0 Å². The van der Waals surface area contributed by atoms with Gasteiger partial charge in [-0.05, 0) is 13.1 Å². The van der Waals surface area contributed by atoms with Gasteiger partial charge in [0.25, 0.3) is 0 Å². The molecule has 0 aliphatic rings. The lowest BCUT2D eigenvalue weighted by Gasteiger charge is -2.16. The lowest BCUT2D eigenvalue weighted by atomic mass is 10.4. The number of aromatic nitrogens is 2. The SMILES string of the molecule is C=CCn1cc[n+](CNC(=O)CN(CC)CC)c1. The maximum absolute atomic E-state index is 11.7. The zero-order chi connectivity index (χ0) is 13.4. The van der Waals surface area contributed by atoms with E-state index in [2.05, 4.69) is 30.6 Å². The van der Waals surface area contributed by atoms with Crippen LogP contribution in [0.4, 0.5) is 0 Å². The molecule has 5 nitrogen and oxygen atoms in total. The third kappa shape index (κ3) is 4.71. The van der Waals surface area contributed by atoms with Crippen molar-refractivity contribution in [2.75, 3.05) is 19.6 Å². The van der Waals surface area contributed by atoms with Crippen molar-refractivity contribution in [2.24, 2.45) is 0 Å². The minimum Gasteiger partial charge on any atom is -0.319 e. The van der Waals surface area contributed by atoms with Crippen LogP contribution in [0.15, 0.2) is 31.4 Å². The number of nitrogens with one attached hydrogen (secondary N) is 1. The van der Waals surface area contributed by atoms with Gasteiger partial charge in [-0.3, -0.25) is 9.69 Å². The van der Waals surface area contributed by atoms with Crippen LogP contribution < -0.4 is 9.88 Å². The van der Waals surface area contributed by atoms with Gasteiger partial charge in [0, 0.05) is 0 Å². The van der Waals surface area contributed by atoms with E-state index in [4.69, 9.17) is 0 Å². The standard InChI is InChI=1S/C13H22N4O/c1-4-7-16-8-9-17(12-16)11-14-13(18)10-15(5-2)6-3/h4,8-9,12H,1,5-7,10-11H2,2-3H3/p+1. The van der Waals surface area contributed by atoms with E-state index in [1.807, 2.05) is 33.9 Å². The van der Waals surface area contributed by atoms with Gasteiger partial charge in [-0.1, -0.05) is 26.5 Å². The molecule has 0 fully saturated rings. The van der Waals surface area contributed by atoms with E-state index >= 15 is 0 Å². The zero-order valence-electron chi connectivity index (χ0n) is 11.3. The molecule has 18 heavy (non-hydrogen) atoms. The first-order valence-corrected chi connectivity index (χ1v) is 6.34. The van der Waals surface area contributed by atoms with Gasteiger partial charge in [0.1, 0.15) is 18.9 Å². The zero-order valence-corrected chi connectivity index (χ0v) is 11.3. The van der Waals surface area contributed by atoms with Crippen LogP contribution >= 0.6 is 0 Å². The fourth-order valence-electron chi connectivity index (χ4n) is 1.68. The first kappa shape index (κ1) is 14.4. The molecule has 0 saturated carbocycles. The Labute approximate surface area is 109 Å². The van der Waals surface area contributed by atoms with Crippen molar-refractivity contribution in [1.29, 1.82) is 0 Å². The number of imidazole rings is 1. The second-order valence-corrected chi connectivity index (χ2v) is 4.13. The molecule has 0 aliphatic carbocycles. The summed E-state index contributed by atoms with van der Waals surface area (Å²) in [7, 11) is 0. The first-order valence-electron chi connectivity index (χ1n) is 6.34. The average Bonchev–Trinajstić information content (AvgIpc) is 2.82. The van der Waals surface area contributed by atoms with Crippen molar-refractivity contribution in [3.05, 3.63) is 31.4 Å². The molecule has 1 N–H and O–H groups in total. The molecular formula is C13H23N4O+. The highest BCUT2D eigenvalue weighted by Crippen LogP contribution is 1.86. The maximum atomic E-state index is 11.7. The molecule has 1 heterocycles. The van der Waals surface area contributed by atoms with Crippen molar-refractivity contribution in [3.63, 3.8) is 0 Å². The molecule has 1 rings (SSSR count). The van der Waals surface area contributed by atoms with Crippen LogP contribution in [0.2, 0.25) is 0 Å². The Bertz CT molecular complexity index is 382. The molecule has 1 aromatic heterocycles. The Balaban J connectivity index is 2.34. The highest BCUT2D eigenvalue weighted by atomic mass is 16.2. The highest BCUT2D eigenvalue weighted by molar-refractivity contribution is 5.77. The van der Waals surface area contributed by atoms with E-state index in [-0.39, 0.29) is 5.91 Å². The van der Waals surface area contributed by atoms with Gasteiger partial charge in [-0.2, -0.15) is 0 Å². The summed E-state index contributed by atoms with van der Waals surface area (Å²) in [6.07, 6.45) is 7.67. The Hall–Kier alpha value is -1.62. The van der Waals surface area contributed by atoms with Crippen LogP contribution in [0.5, 0.6) is 0 Å². The molecule has 0 atom stereocenters. The molecule has 5 heteroatoms. The van der Waals surface area contributed by atoms with Gasteiger partial charge in [0.15, 0.2) is 6.67 Å². The Morgan fingerprint density at radius 1 is 1.50 bits per heavy atom. The number of hydrogen-bond acceptors (Lipinski definition) is 2. The molecule has 1 aromatic rings. The summed E-state index contributed by atoms with van der Waals surface area (Å²) in [4.78, 5) is 13.8. The summed E-state index contributed by atoms with van der Waals surface area (Å²) < 4.78 is 3.94. The van der Waals surface area contributed by atoms with Crippen LogP contribution in [-0.2, 0) is 18.0 Å². The van der Waals surface area contributed by atoms with E-state index in [0.717, 1.165) is 19.6 Å². The van der Waals surface area contributed by atoms with E-state index in [1.54, 1.807) is 0 Å². The molecule has 1 amide bonds. The second-order valence-electron chi connectivity index (χ2n) is 4.13. The number of nitrogens with zero attached hydrogens (tertiary/aromatic N) is 3. The predicted molar refractivity (Wildman–Crippen MR) is 70.8 cm³/mol. The number of carbonyl (C=O) groups excluding carboxylic acids is 1. The maximum Gasteiger partial charge on any atom is 0.245 e. The summed E-state index contributed by atoms with van der Waals surface area (Å²) in [5.74, 6) is 0.0580. The average molecular weight is 251 g/mol. The van der Waals surface area contributed by atoms with Gasteiger partial charge in [-0.25, -0.2) is 9.13 Å². The molecule has 100 valence electrons. The monoisotopic (exact) mass is 251 g/mol. The summed E-state index contributed by atoms with van der Waals surface area (Å²) in [5.41, 5.74) is 0. The Morgan fingerprint density at radius 2 is 2.22 bits per heavy atom. The topological polar surface area (TPSA) is 41.1 Å². The molecule has 0 aliphatic heterocycles. The van der Waals surface area contributed by atoms with Gasteiger partial charge < -0.3 is 5.32 Å². The molecule has 0 aromatic carbocycles. The smallest absolute Gasteiger partial charge is 0.245 e. The lowest BCUT2D eigenvalue weighted by Crippen LogP contribution is -2.45. The first-order chi connectivity index (χ1) is 8.69. The Morgan fingerprint density at radius 3 is 2.83 bits per heavy atom. The fraction of sp³-hybridized carbons (Fsp3) is 0.538. The number of allylic oxidation sites excluding steroid dienone is 1. The van der Waals surface area contributed by atoms with Crippen LogP contribution in [-0.4, -0.2) is 35.0 Å². The van der Waals surface area contributed by atoms with Crippen molar-refractivity contribution >= 4 is 5.91 Å². The number of rotatable bonds is 8. The minimum atomic E-state index is 0.0580. The molecule has 0 bridgehead atoms. The summed E-state index contributed by atoms with van der Waals surface area (Å²) in [6.45, 7) is 11.3. The van der Waals surface area contributed by atoms with Crippen molar-refractivity contribution in [3.8, 4) is 0 Å². The van der Waals surface area contributed by atoms with Crippen LogP contribution in [0.25, 0.3) is 0 Å².